The van der Waals surface area contributed by atoms with E-state index in [0.29, 0.717) is 12.1 Å². The monoisotopic (exact) mass is 275 g/mol. The maximum Gasteiger partial charge on any atom is 0.0364 e. The van der Waals surface area contributed by atoms with E-state index >= 15 is 0 Å². The molecular formula is C17H29N3. The van der Waals surface area contributed by atoms with E-state index in [4.69, 9.17) is 0 Å². The van der Waals surface area contributed by atoms with Gasteiger partial charge in [0, 0.05) is 31.4 Å². The average molecular weight is 275 g/mol. The van der Waals surface area contributed by atoms with E-state index in [9.17, 15) is 0 Å². The predicted octanol–water partition coefficient (Wildman–Crippen LogP) is 2.89. The highest BCUT2D eigenvalue weighted by Crippen LogP contribution is 2.21. The molecule has 0 bridgehead atoms. The van der Waals surface area contributed by atoms with Gasteiger partial charge in [-0.2, -0.15) is 0 Å². The number of nitrogens with zero attached hydrogens (tertiary/aromatic N) is 2. The lowest BCUT2D eigenvalue weighted by molar-refractivity contribution is 0.314. The third-order valence-corrected chi connectivity index (χ3v) is 4.50. The molecule has 1 aromatic carbocycles. The SMILES string of the molecule is CCNC(C)c1ccc(N(C)CC2CCCN2C)cc1. The van der Waals surface area contributed by atoms with Gasteiger partial charge in [-0.15, -0.1) is 0 Å². The van der Waals surface area contributed by atoms with E-state index in [1.165, 1.54) is 30.6 Å². The highest BCUT2D eigenvalue weighted by atomic mass is 15.2. The van der Waals surface area contributed by atoms with E-state index in [0.717, 1.165) is 13.1 Å². The average Bonchev–Trinajstić information content (AvgIpc) is 2.85. The molecule has 112 valence electrons. The van der Waals surface area contributed by atoms with Crippen LogP contribution >= 0.6 is 0 Å². The molecule has 1 aliphatic rings. The molecule has 2 atom stereocenters. The Morgan fingerprint density at radius 3 is 2.60 bits per heavy atom. The van der Waals surface area contributed by atoms with Gasteiger partial charge in [0.05, 0.1) is 0 Å². The maximum atomic E-state index is 3.45. The minimum Gasteiger partial charge on any atom is -0.373 e. The van der Waals surface area contributed by atoms with Crippen LogP contribution in [-0.4, -0.2) is 44.7 Å². The number of hydrogen-bond acceptors (Lipinski definition) is 3. The Hall–Kier alpha value is -1.06. The molecule has 3 nitrogen and oxygen atoms in total. The second kappa shape index (κ2) is 7.09. The zero-order chi connectivity index (χ0) is 14.5. The van der Waals surface area contributed by atoms with Crippen LogP contribution in [-0.2, 0) is 0 Å². The molecule has 1 saturated heterocycles. The molecule has 2 rings (SSSR count). The van der Waals surface area contributed by atoms with Crippen molar-refractivity contribution in [3.63, 3.8) is 0 Å². The van der Waals surface area contributed by atoms with Crippen LogP contribution in [0.1, 0.15) is 38.3 Å². The first-order valence-electron chi connectivity index (χ1n) is 7.86. The van der Waals surface area contributed by atoms with Crippen molar-refractivity contribution in [2.24, 2.45) is 0 Å². The molecule has 1 N–H and O–H groups in total. The van der Waals surface area contributed by atoms with Gasteiger partial charge in [0.2, 0.25) is 0 Å². The van der Waals surface area contributed by atoms with Crippen LogP contribution in [0.4, 0.5) is 5.69 Å². The molecule has 0 spiro atoms. The minimum atomic E-state index is 0.431. The van der Waals surface area contributed by atoms with Gasteiger partial charge in [-0.25, -0.2) is 0 Å². The number of likely N-dealkylation sites (N-methyl/N-ethyl adjacent to an activating group) is 2. The van der Waals surface area contributed by atoms with Gasteiger partial charge in [-0.05, 0) is 57.6 Å². The Balaban J connectivity index is 1.95. The lowest BCUT2D eigenvalue weighted by Crippen LogP contribution is -2.36. The molecule has 0 radical (unpaired) electrons. The molecule has 3 heteroatoms. The Labute approximate surface area is 124 Å². The molecule has 1 fully saturated rings. The van der Waals surface area contributed by atoms with Crippen LogP contribution in [0.5, 0.6) is 0 Å². The third kappa shape index (κ3) is 3.74. The summed E-state index contributed by atoms with van der Waals surface area (Å²) >= 11 is 0. The largest absolute Gasteiger partial charge is 0.373 e. The van der Waals surface area contributed by atoms with Crippen LogP contribution < -0.4 is 10.2 Å². The fourth-order valence-corrected chi connectivity index (χ4v) is 3.07. The van der Waals surface area contributed by atoms with Crippen molar-refractivity contribution in [1.29, 1.82) is 0 Å². The van der Waals surface area contributed by atoms with E-state index in [2.05, 4.69) is 67.3 Å². The van der Waals surface area contributed by atoms with Crippen molar-refractivity contribution in [1.82, 2.24) is 10.2 Å². The zero-order valence-electron chi connectivity index (χ0n) is 13.4. The van der Waals surface area contributed by atoms with E-state index < -0.39 is 0 Å². The van der Waals surface area contributed by atoms with Crippen molar-refractivity contribution < 1.29 is 0 Å². The molecule has 1 aromatic rings. The number of rotatable bonds is 6. The topological polar surface area (TPSA) is 18.5 Å². The first kappa shape index (κ1) is 15.3. The Bertz CT molecular complexity index is 401. The highest BCUT2D eigenvalue weighted by molar-refractivity contribution is 5.47. The van der Waals surface area contributed by atoms with Gasteiger partial charge in [0.15, 0.2) is 0 Å². The van der Waals surface area contributed by atoms with Crippen LogP contribution in [0.2, 0.25) is 0 Å². The van der Waals surface area contributed by atoms with Crippen molar-refractivity contribution >= 4 is 5.69 Å². The quantitative estimate of drug-likeness (QED) is 0.861. The van der Waals surface area contributed by atoms with Gasteiger partial charge in [0.25, 0.3) is 0 Å². The van der Waals surface area contributed by atoms with Crippen LogP contribution in [0.3, 0.4) is 0 Å². The number of benzene rings is 1. The van der Waals surface area contributed by atoms with E-state index in [1.807, 2.05) is 0 Å². The number of likely N-dealkylation sites (tertiary alicyclic amines) is 1. The van der Waals surface area contributed by atoms with Crippen molar-refractivity contribution in [2.45, 2.75) is 38.8 Å². The Morgan fingerprint density at radius 1 is 1.35 bits per heavy atom. The smallest absolute Gasteiger partial charge is 0.0364 e. The summed E-state index contributed by atoms with van der Waals surface area (Å²) in [6.45, 7) is 7.75. The number of hydrogen-bond donors (Lipinski definition) is 1. The summed E-state index contributed by atoms with van der Waals surface area (Å²) in [5.74, 6) is 0. The second-order valence-corrected chi connectivity index (χ2v) is 6.03. The summed E-state index contributed by atoms with van der Waals surface area (Å²) in [6, 6.07) is 10.1. The summed E-state index contributed by atoms with van der Waals surface area (Å²) in [5.41, 5.74) is 2.68. The molecule has 0 aliphatic carbocycles. The van der Waals surface area contributed by atoms with Crippen molar-refractivity contribution in [2.75, 3.05) is 38.6 Å². The van der Waals surface area contributed by atoms with Crippen molar-refractivity contribution in [3.05, 3.63) is 29.8 Å². The maximum absolute atomic E-state index is 3.45. The molecule has 1 heterocycles. The number of anilines is 1. The first-order chi connectivity index (χ1) is 9.61. The van der Waals surface area contributed by atoms with E-state index in [1.54, 1.807) is 0 Å². The predicted molar refractivity (Wildman–Crippen MR) is 87.5 cm³/mol. The van der Waals surface area contributed by atoms with Gasteiger partial charge in [0.1, 0.15) is 0 Å². The molecule has 0 aromatic heterocycles. The molecular weight excluding hydrogens is 246 g/mol. The van der Waals surface area contributed by atoms with Crippen molar-refractivity contribution in [3.8, 4) is 0 Å². The zero-order valence-corrected chi connectivity index (χ0v) is 13.4. The summed E-state index contributed by atoms with van der Waals surface area (Å²) in [7, 11) is 4.45. The van der Waals surface area contributed by atoms with E-state index in [-0.39, 0.29) is 0 Å². The molecule has 1 aliphatic heterocycles. The Morgan fingerprint density at radius 2 is 2.05 bits per heavy atom. The summed E-state index contributed by atoms with van der Waals surface area (Å²) < 4.78 is 0. The molecule has 2 unspecified atom stereocenters. The summed E-state index contributed by atoms with van der Waals surface area (Å²) in [4.78, 5) is 4.87. The van der Waals surface area contributed by atoms with Crippen LogP contribution in [0, 0.1) is 0 Å². The Kier molecular flexibility index (Phi) is 5.44. The summed E-state index contributed by atoms with van der Waals surface area (Å²) in [5, 5.41) is 3.45. The standard InChI is InChI=1S/C17H29N3/c1-5-18-14(2)15-8-10-16(11-9-15)20(4)13-17-7-6-12-19(17)3/h8-11,14,17-18H,5-7,12-13H2,1-4H3. The normalized spacial score (nSPS) is 21.1. The van der Waals surface area contributed by atoms with Gasteiger partial charge in [-0.1, -0.05) is 19.1 Å². The highest BCUT2D eigenvalue weighted by Gasteiger charge is 2.22. The van der Waals surface area contributed by atoms with Gasteiger partial charge < -0.3 is 15.1 Å². The molecule has 0 amide bonds. The van der Waals surface area contributed by atoms with Gasteiger partial charge in [-0.3, -0.25) is 0 Å². The molecule has 0 saturated carbocycles. The first-order valence-corrected chi connectivity index (χ1v) is 7.86. The fraction of sp³-hybridized carbons (Fsp3) is 0.647. The van der Waals surface area contributed by atoms with Crippen LogP contribution in [0.15, 0.2) is 24.3 Å². The minimum absolute atomic E-state index is 0.431. The lowest BCUT2D eigenvalue weighted by atomic mass is 10.1. The fourth-order valence-electron chi connectivity index (χ4n) is 3.07. The third-order valence-electron chi connectivity index (χ3n) is 4.50. The summed E-state index contributed by atoms with van der Waals surface area (Å²) in [6.07, 6.45) is 2.67. The van der Waals surface area contributed by atoms with Crippen LogP contribution in [0.25, 0.3) is 0 Å². The molecule has 20 heavy (non-hydrogen) atoms. The number of nitrogens with one attached hydrogen (secondary N) is 1. The van der Waals surface area contributed by atoms with Gasteiger partial charge >= 0.3 is 0 Å². The lowest BCUT2D eigenvalue weighted by Gasteiger charge is -2.27. The second-order valence-electron chi connectivity index (χ2n) is 6.03.